The first kappa shape index (κ1) is 9.86. The molecule has 3 nitrogen and oxygen atoms in total. The van der Waals surface area contributed by atoms with E-state index in [0.29, 0.717) is 6.54 Å². The lowest BCUT2D eigenvalue weighted by Gasteiger charge is -2.22. The van der Waals surface area contributed by atoms with Crippen LogP contribution in [-0.4, -0.2) is 24.8 Å². The third-order valence-corrected chi connectivity index (χ3v) is 1.99. The van der Waals surface area contributed by atoms with Gasteiger partial charge in [-0.05, 0) is 25.1 Å². The molecule has 0 atom stereocenters. The number of aliphatic hydroxyl groups excluding tert-OH is 1. The molecule has 3 heteroatoms. The number of hydrogen-bond acceptors (Lipinski definition) is 3. The number of hydrogen-bond donors (Lipinski definition) is 2. The van der Waals surface area contributed by atoms with Gasteiger partial charge < -0.3 is 15.7 Å². The second-order valence-electron chi connectivity index (χ2n) is 2.90. The molecule has 0 unspecified atom stereocenters. The van der Waals surface area contributed by atoms with Crippen molar-refractivity contribution in [1.82, 2.24) is 0 Å². The highest BCUT2D eigenvalue weighted by atomic mass is 16.3. The standard InChI is InChI=1S/C10H16N2O/c1-2-12(6-7-13)10-5-3-4-9(11)8-10/h3-5,8,13H,2,6-7,11H2,1H3. The van der Waals surface area contributed by atoms with E-state index in [1.165, 1.54) is 0 Å². The fourth-order valence-corrected chi connectivity index (χ4v) is 1.31. The lowest BCUT2D eigenvalue weighted by molar-refractivity contribution is 0.302. The molecule has 0 spiro atoms. The van der Waals surface area contributed by atoms with E-state index >= 15 is 0 Å². The first-order valence-corrected chi connectivity index (χ1v) is 4.49. The molecule has 0 aromatic heterocycles. The molecule has 0 fully saturated rings. The van der Waals surface area contributed by atoms with Crippen molar-refractivity contribution >= 4 is 11.4 Å². The Morgan fingerprint density at radius 3 is 2.77 bits per heavy atom. The van der Waals surface area contributed by atoms with E-state index in [4.69, 9.17) is 10.8 Å². The van der Waals surface area contributed by atoms with Crippen molar-refractivity contribution < 1.29 is 5.11 Å². The van der Waals surface area contributed by atoms with Crippen LogP contribution in [0.4, 0.5) is 11.4 Å². The van der Waals surface area contributed by atoms with Gasteiger partial charge in [-0.2, -0.15) is 0 Å². The molecule has 3 N–H and O–H groups in total. The largest absolute Gasteiger partial charge is 0.399 e. The second-order valence-corrected chi connectivity index (χ2v) is 2.90. The minimum atomic E-state index is 0.169. The van der Waals surface area contributed by atoms with Crippen LogP contribution in [0.1, 0.15) is 6.92 Å². The predicted octanol–water partition coefficient (Wildman–Crippen LogP) is 1.09. The summed E-state index contributed by atoms with van der Waals surface area (Å²) in [4.78, 5) is 2.08. The number of aliphatic hydroxyl groups is 1. The zero-order chi connectivity index (χ0) is 9.68. The Balaban J connectivity index is 2.78. The summed E-state index contributed by atoms with van der Waals surface area (Å²) in [6.07, 6.45) is 0. The second kappa shape index (κ2) is 4.72. The minimum Gasteiger partial charge on any atom is -0.399 e. The fourth-order valence-electron chi connectivity index (χ4n) is 1.31. The molecule has 1 rings (SSSR count). The molecule has 1 aromatic rings. The number of benzene rings is 1. The van der Waals surface area contributed by atoms with Crippen LogP contribution in [0.5, 0.6) is 0 Å². The summed E-state index contributed by atoms with van der Waals surface area (Å²) in [6.45, 7) is 3.76. The summed E-state index contributed by atoms with van der Waals surface area (Å²) in [7, 11) is 0. The molecule has 0 saturated carbocycles. The van der Waals surface area contributed by atoms with E-state index in [0.717, 1.165) is 17.9 Å². The lowest BCUT2D eigenvalue weighted by Crippen LogP contribution is -2.26. The molecule has 0 heterocycles. The maximum atomic E-state index is 8.83. The summed E-state index contributed by atoms with van der Waals surface area (Å²) in [6, 6.07) is 7.69. The first-order valence-electron chi connectivity index (χ1n) is 4.49. The molecule has 1 aromatic carbocycles. The van der Waals surface area contributed by atoms with Crippen LogP contribution in [0.25, 0.3) is 0 Å². The van der Waals surface area contributed by atoms with Gasteiger partial charge in [-0.1, -0.05) is 6.07 Å². The van der Waals surface area contributed by atoms with E-state index in [-0.39, 0.29) is 6.61 Å². The average molecular weight is 180 g/mol. The van der Waals surface area contributed by atoms with Gasteiger partial charge in [0.25, 0.3) is 0 Å². The van der Waals surface area contributed by atoms with Crippen LogP contribution < -0.4 is 10.6 Å². The van der Waals surface area contributed by atoms with Gasteiger partial charge >= 0.3 is 0 Å². The summed E-state index contributed by atoms with van der Waals surface area (Å²) in [5.41, 5.74) is 7.48. The Bertz CT molecular complexity index is 263. The van der Waals surface area contributed by atoms with Crippen LogP contribution in [0.2, 0.25) is 0 Å². The lowest BCUT2D eigenvalue weighted by atomic mass is 10.2. The van der Waals surface area contributed by atoms with Gasteiger partial charge in [-0.15, -0.1) is 0 Å². The molecule has 0 saturated heterocycles. The van der Waals surface area contributed by atoms with Crippen LogP contribution in [0.3, 0.4) is 0 Å². The molecule has 0 radical (unpaired) electrons. The first-order chi connectivity index (χ1) is 6.27. The van der Waals surface area contributed by atoms with Gasteiger partial charge in [-0.3, -0.25) is 0 Å². The zero-order valence-corrected chi connectivity index (χ0v) is 7.90. The Hall–Kier alpha value is -1.22. The average Bonchev–Trinajstić information content (AvgIpc) is 2.14. The molecular weight excluding hydrogens is 164 g/mol. The normalized spacial score (nSPS) is 10.0. The van der Waals surface area contributed by atoms with Crippen molar-refractivity contribution in [2.75, 3.05) is 30.3 Å². The predicted molar refractivity (Wildman–Crippen MR) is 55.8 cm³/mol. The highest BCUT2D eigenvalue weighted by Crippen LogP contribution is 2.16. The zero-order valence-electron chi connectivity index (χ0n) is 7.90. The SMILES string of the molecule is CCN(CCO)c1cccc(N)c1. The van der Waals surface area contributed by atoms with Crippen molar-refractivity contribution in [3.8, 4) is 0 Å². The van der Waals surface area contributed by atoms with E-state index in [2.05, 4.69) is 11.8 Å². The monoisotopic (exact) mass is 180 g/mol. The summed E-state index contributed by atoms with van der Waals surface area (Å²) in [5.74, 6) is 0. The molecular formula is C10H16N2O. The summed E-state index contributed by atoms with van der Waals surface area (Å²) < 4.78 is 0. The van der Waals surface area contributed by atoms with Gasteiger partial charge in [0.1, 0.15) is 0 Å². The summed E-state index contributed by atoms with van der Waals surface area (Å²) in [5, 5.41) is 8.83. The Labute approximate surface area is 78.8 Å². The number of rotatable bonds is 4. The summed E-state index contributed by atoms with van der Waals surface area (Å²) >= 11 is 0. The van der Waals surface area contributed by atoms with E-state index < -0.39 is 0 Å². The van der Waals surface area contributed by atoms with Gasteiger partial charge in [0, 0.05) is 24.5 Å². The van der Waals surface area contributed by atoms with Gasteiger partial charge in [-0.25, -0.2) is 0 Å². The molecule has 0 amide bonds. The topological polar surface area (TPSA) is 49.5 Å². The van der Waals surface area contributed by atoms with E-state index in [1.807, 2.05) is 24.3 Å². The Morgan fingerprint density at radius 1 is 1.46 bits per heavy atom. The van der Waals surface area contributed by atoms with Crippen molar-refractivity contribution in [2.45, 2.75) is 6.92 Å². The Morgan fingerprint density at radius 2 is 2.23 bits per heavy atom. The fraction of sp³-hybridized carbons (Fsp3) is 0.400. The van der Waals surface area contributed by atoms with Crippen molar-refractivity contribution in [2.24, 2.45) is 0 Å². The Kier molecular flexibility index (Phi) is 3.58. The van der Waals surface area contributed by atoms with Crippen LogP contribution >= 0.6 is 0 Å². The van der Waals surface area contributed by atoms with Crippen LogP contribution in [-0.2, 0) is 0 Å². The highest BCUT2D eigenvalue weighted by Gasteiger charge is 2.02. The maximum absolute atomic E-state index is 8.83. The van der Waals surface area contributed by atoms with Gasteiger partial charge in [0.05, 0.1) is 6.61 Å². The number of likely N-dealkylation sites (N-methyl/N-ethyl adjacent to an activating group) is 1. The molecule has 0 aliphatic rings. The molecule has 13 heavy (non-hydrogen) atoms. The molecule has 72 valence electrons. The number of anilines is 2. The van der Waals surface area contributed by atoms with Crippen LogP contribution in [0, 0.1) is 0 Å². The quantitative estimate of drug-likeness (QED) is 0.682. The smallest absolute Gasteiger partial charge is 0.0606 e. The third kappa shape index (κ3) is 2.63. The van der Waals surface area contributed by atoms with E-state index in [1.54, 1.807) is 0 Å². The van der Waals surface area contributed by atoms with Gasteiger partial charge in [0.15, 0.2) is 0 Å². The van der Waals surface area contributed by atoms with Crippen molar-refractivity contribution in [3.63, 3.8) is 0 Å². The third-order valence-electron chi connectivity index (χ3n) is 1.99. The van der Waals surface area contributed by atoms with Crippen molar-refractivity contribution in [3.05, 3.63) is 24.3 Å². The molecule has 0 bridgehead atoms. The van der Waals surface area contributed by atoms with Crippen LogP contribution in [0.15, 0.2) is 24.3 Å². The number of nitrogens with zero attached hydrogens (tertiary/aromatic N) is 1. The maximum Gasteiger partial charge on any atom is 0.0606 e. The number of nitrogens with two attached hydrogens (primary N) is 1. The molecule has 0 aliphatic heterocycles. The highest BCUT2D eigenvalue weighted by molar-refractivity contribution is 5.55. The molecule has 0 aliphatic carbocycles. The van der Waals surface area contributed by atoms with Crippen molar-refractivity contribution in [1.29, 1.82) is 0 Å². The van der Waals surface area contributed by atoms with Gasteiger partial charge in [0.2, 0.25) is 0 Å². The minimum absolute atomic E-state index is 0.169. The van der Waals surface area contributed by atoms with E-state index in [9.17, 15) is 0 Å². The number of nitrogen functional groups attached to an aromatic ring is 1.